The minimum Gasteiger partial charge on any atom is -0.307 e. The van der Waals surface area contributed by atoms with Crippen LogP contribution >= 0.6 is 0 Å². The van der Waals surface area contributed by atoms with Crippen LogP contribution < -0.4 is 0 Å². The van der Waals surface area contributed by atoms with Crippen LogP contribution in [0.1, 0.15) is 22.6 Å². The zero-order valence-corrected chi connectivity index (χ0v) is 33.3. The summed E-state index contributed by atoms with van der Waals surface area (Å²) in [6, 6.07) is 71.3. The average Bonchev–Trinajstić information content (AvgIpc) is 4.10. The number of nitrogens with zero attached hydrogens (tertiary/aromatic N) is 5. The van der Waals surface area contributed by atoms with Crippen molar-refractivity contribution in [2.75, 3.05) is 0 Å². The Balaban J connectivity index is 1.05. The first-order valence-electron chi connectivity index (χ1n) is 21.4. The van der Waals surface area contributed by atoms with Crippen molar-refractivity contribution in [1.82, 2.24) is 18.5 Å². The minimum atomic E-state index is 0.100. The molecule has 5 heteroatoms. The molecule has 0 fully saturated rings. The predicted molar refractivity (Wildman–Crippen MR) is 256 cm³/mol. The molecule has 5 nitrogen and oxygen atoms in total. The maximum absolute atomic E-state index is 5.23. The van der Waals surface area contributed by atoms with E-state index in [4.69, 9.17) is 9.98 Å². The van der Waals surface area contributed by atoms with Crippen molar-refractivity contribution in [2.24, 2.45) is 4.99 Å². The molecule has 9 aromatic carbocycles. The summed E-state index contributed by atoms with van der Waals surface area (Å²) in [6.07, 6.45) is 0. The molecule has 62 heavy (non-hydrogen) atoms. The second-order valence-corrected chi connectivity index (χ2v) is 16.9. The lowest BCUT2D eigenvalue weighted by Gasteiger charge is -2.27. The Morgan fingerprint density at radius 1 is 0.371 bits per heavy atom. The highest BCUT2D eigenvalue weighted by Gasteiger charge is 2.36. The molecular weight excluding hydrogens is 755 g/mol. The fourth-order valence-corrected chi connectivity index (χ4v) is 11.3. The SMILES string of the molecule is c1ccc2c(c1)N=C1c3ccccc3-c3cc(-n4c5ccccc5c5ccc6c7ccccc7n(-c7ccc8c(c7)c7ccccc7n7c9ccccc9nc87)c6c54)ccc3C12. The van der Waals surface area contributed by atoms with Crippen molar-refractivity contribution in [3.63, 3.8) is 0 Å². The van der Waals surface area contributed by atoms with Gasteiger partial charge in [0.2, 0.25) is 0 Å². The average molecular weight is 788 g/mol. The molecule has 13 aromatic rings. The molecule has 2 aliphatic rings. The highest BCUT2D eigenvalue weighted by molar-refractivity contribution is 6.25. The van der Waals surface area contributed by atoms with Gasteiger partial charge in [0.15, 0.2) is 0 Å². The lowest BCUT2D eigenvalue weighted by Crippen LogP contribution is -2.18. The van der Waals surface area contributed by atoms with Gasteiger partial charge in [-0.3, -0.25) is 9.39 Å². The standard InChI is InChI=1S/C57H33N5/c1-2-17-40-35(13-1)45-31-33(25-27-39(45)53-44-18-3-7-19-47(44)58-54(40)53)60-49-21-9-4-14-36(49)41-29-30-42-37-15-5-10-22-50(37)61(56(42)55(41)60)34-26-28-43-46(32-34)38-16-6-11-23-51(38)62-52-24-12-8-20-48(52)59-57(43)62/h1-32,53H. The summed E-state index contributed by atoms with van der Waals surface area (Å²) in [6.45, 7) is 0. The molecule has 0 radical (unpaired) electrons. The Morgan fingerprint density at radius 2 is 0.935 bits per heavy atom. The molecule has 0 bridgehead atoms. The van der Waals surface area contributed by atoms with Gasteiger partial charge in [0, 0.05) is 49.3 Å². The third-order valence-electron chi connectivity index (χ3n) is 13.8. The van der Waals surface area contributed by atoms with Gasteiger partial charge in [-0.2, -0.15) is 0 Å². The smallest absolute Gasteiger partial charge is 0.146 e. The van der Waals surface area contributed by atoms with Crippen molar-refractivity contribution in [3.8, 4) is 22.5 Å². The van der Waals surface area contributed by atoms with Crippen molar-refractivity contribution >= 4 is 93.4 Å². The normalized spacial score (nSPS) is 14.4. The molecule has 4 aromatic heterocycles. The maximum Gasteiger partial charge on any atom is 0.146 e. The van der Waals surface area contributed by atoms with Gasteiger partial charge in [0.1, 0.15) is 5.65 Å². The molecule has 0 saturated heterocycles. The predicted octanol–water partition coefficient (Wildman–Crippen LogP) is 14.2. The van der Waals surface area contributed by atoms with Crippen molar-refractivity contribution in [1.29, 1.82) is 0 Å². The Labute approximate surface area is 354 Å². The largest absolute Gasteiger partial charge is 0.307 e. The van der Waals surface area contributed by atoms with Crippen LogP contribution in [0.4, 0.5) is 5.69 Å². The third kappa shape index (κ3) is 4.07. The quantitative estimate of drug-likeness (QED) is 0.161. The summed E-state index contributed by atoms with van der Waals surface area (Å²) in [5.41, 5.74) is 19.7. The first-order chi connectivity index (χ1) is 30.8. The van der Waals surface area contributed by atoms with Crippen LogP contribution in [0.5, 0.6) is 0 Å². The van der Waals surface area contributed by atoms with Crippen LogP contribution in [0.15, 0.2) is 199 Å². The van der Waals surface area contributed by atoms with E-state index in [1.807, 2.05) is 0 Å². The Morgan fingerprint density at radius 3 is 1.69 bits per heavy atom. The second-order valence-electron chi connectivity index (χ2n) is 16.9. The van der Waals surface area contributed by atoms with Crippen LogP contribution in [0.2, 0.25) is 0 Å². The Bertz CT molecular complexity index is 4180. The zero-order chi connectivity index (χ0) is 40.2. The van der Waals surface area contributed by atoms with Gasteiger partial charge >= 0.3 is 0 Å². The van der Waals surface area contributed by atoms with E-state index in [0.717, 1.165) is 50.4 Å². The van der Waals surface area contributed by atoms with Crippen molar-refractivity contribution in [2.45, 2.75) is 5.92 Å². The van der Waals surface area contributed by atoms with E-state index in [1.165, 1.54) is 82.2 Å². The zero-order valence-electron chi connectivity index (χ0n) is 33.3. The number of pyridine rings is 1. The third-order valence-corrected chi connectivity index (χ3v) is 13.8. The summed E-state index contributed by atoms with van der Waals surface area (Å²) < 4.78 is 7.35. The highest BCUT2D eigenvalue weighted by Crippen LogP contribution is 2.51. The fourth-order valence-electron chi connectivity index (χ4n) is 11.3. The van der Waals surface area contributed by atoms with Crippen LogP contribution in [0.25, 0.3) is 104 Å². The first-order valence-corrected chi connectivity index (χ1v) is 21.4. The number of benzene rings is 9. The Kier molecular flexibility index (Phi) is 6.15. The van der Waals surface area contributed by atoms with Gasteiger partial charge in [-0.05, 0) is 94.4 Å². The summed E-state index contributed by atoms with van der Waals surface area (Å²) in [5.74, 6) is 0.100. The number of rotatable bonds is 2. The van der Waals surface area contributed by atoms with Gasteiger partial charge in [-0.25, -0.2) is 4.98 Å². The van der Waals surface area contributed by atoms with Crippen LogP contribution in [-0.2, 0) is 0 Å². The number of fused-ring (bicyclic) bond motifs is 23. The molecule has 1 atom stereocenters. The lowest BCUT2D eigenvalue weighted by molar-refractivity contribution is 1.09. The van der Waals surface area contributed by atoms with E-state index >= 15 is 0 Å². The van der Waals surface area contributed by atoms with Gasteiger partial charge in [0.25, 0.3) is 0 Å². The van der Waals surface area contributed by atoms with E-state index < -0.39 is 0 Å². The van der Waals surface area contributed by atoms with Gasteiger partial charge in [-0.1, -0.05) is 127 Å². The molecule has 15 rings (SSSR count). The minimum absolute atomic E-state index is 0.100. The van der Waals surface area contributed by atoms with Crippen molar-refractivity contribution < 1.29 is 0 Å². The summed E-state index contributed by atoms with van der Waals surface area (Å²) >= 11 is 0. The number of hydrogen-bond donors (Lipinski definition) is 0. The van der Waals surface area contributed by atoms with E-state index in [-0.39, 0.29) is 5.92 Å². The van der Waals surface area contributed by atoms with Crippen LogP contribution in [0, 0.1) is 0 Å². The summed E-state index contributed by atoms with van der Waals surface area (Å²) in [5, 5.41) is 8.44. The number of aliphatic imine (C=N–C) groups is 1. The molecule has 1 aliphatic carbocycles. The molecule has 0 amide bonds. The topological polar surface area (TPSA) is 39.5 Å². The van der Waals surface area contributed by atoms with E-state index in [2.05, 4.69) is 208 Å². The lowest BCUT2D eigenvalue weighted by atomic mass is 9.75. The van der Waals surface area contributed by atoms with E-state index in [9.17, 15) is 0 Å². The van der Waals surface area contributed by atoms with Crippen LogP contribution in [0.3, 0.4) is 0 Å². The molecule has 5 heterocycles. The molecular formula is C57H33N5. The fraction of sp³-hybridized carbons (Fsp3) is 0.0175. The number of para-hydroxylation sites is 6. The number of hydrogen-bond acceptors (Lipinski definition) is 2. The first kappa shape index (κ1) is 32.6. The summed E-state index contributed by atoms with van der Waals surface area (Å²) in [7, 11) is 0. The summed E-state index contributed by atoms with van der Waals surface area (Å²) in [4.78, 5) is 10.4. The molecule has 286 valence electrons. The second kappa shape index (κ2) is 11.7. The molecule has 0 saturated carbocycles. The monoisotopic (exact) mass is 787 g/mol. The maximum atomic E-state index is 5.23. The van der Waals surface area contributed by atoms with E-state index in [1.54, 1.807) is 0 Å². The number of aromatic nitrogens is 4. The van der Waals surface area contributed by atoms with Crippen molar-refractivity contribution in [3.05, 3.63) is 211 Å². The highest BCUT2D eigenvalue weighted by atomic mass is 15.1. The molecule has 0 N–H and O–H groups in total. The Hall–Kier alpha value is -8.28. The van der Waals surface area contributed by atoms with Gasteiger partial charge in [-0.15, -0.1) is 0 Å². The molecule has 1 aliphatic heterocycles. The molecule has 0 spiro atoms. The van der Waals surface area contributed by atoms with E-state index in [0.29, 0.717) is 0 Å². The van der Waals surface area contributed by atoms with Crippen LogP contribution in [-0.4, -0.2) is 24.2 Å². The van der Waals surface area contributed by atoms with Gasteiger partial charge < -0.3 is 9.13 Å². The number of imidazole rings is 1. The molecule has 1 unspecified atom stereocenters. The van der Waals surface area contributed by atoms with Gasteiger partial charge in [0.05, 0.1) is 55.9 Å².